The summed E-state index contributed by atoms with van der Waals surface area (Å²) in [6.45, 7) is 0.658. The minimum atomic E-state index is 0.438. The van der Waals surface area contributed by atoms with Crippen LogP contribution in [-0.2, 0) is 6.54 Å². The van der Waals surface area contributed by atoms with Gasteiger partial charge >= 0.3 is 0 Å². The molecule has 0 aliphatic rings. The van der Waals surface area contributed by atoms with Crippen LogP contribution >= 0.6 is 0 Å². The lowest BCUT2D eigenvalue weighted by Gasteiger charge is -2.03. The molecule has 0 N–H and O–H groups in total. The number of methoxy groups -OCH3 is 1. The first kappa shape index (κ1) is 10.2. The molecule has 4 heteroatoms. The normalized spacial score (nSPS) is 9.75. The van der Waals surface area contributed by atoms with Gasteiger partial charge in [-0.15, -0.1) is 0 Å². The molecule has 1 aromatic carbocycles. The van der Waals surface area contributed by atoms with Crippen LogP contribution in [0.3, 0.4) is 0 Å². The maximum atomic E-state index is 8.64. The highest BCUT2D eigenvalue weighted by molar-refractivity contribution is 5.27. The largest absolute Gasteiger partial charge is 0.497 e. The summed E-state index contributed by atoms with van der Waals surface area (Å²) in [4.78, 5) is 0. The average Bonchev–Trinajstić information content (AvgIpc) is 2.78. The molecular weight excluding hydrogens is 202 g/mol. The second-order valence-corrected chi connectivity index (χ2v) is 3.36. The van der Waals surface area contributed by atoms with Crippen LogP contribution in [0.4, 0.5) is 0 Å². The monoisotopic (exact) mass is 213 g/mol. The lowest BCUT2D eigenvalue weighted by Crippen LogP contribution is -2.00. The summed E-state index contributed by atoms with van der Waals surface area (Å²) in [5.41, 5.74) is 1.56. The molecule has 2 rings (SSSR count). The summed E-state index contributed by atoms with van der Waals surface area (Å²) < 4.78 is 6.81. The quantitative estimate of drug-likeness (QED) is 0.781. The van der Waals surface area contributed by atoms with E-state index >= 15 is 0 Å². The van der Waals surface area contributed by atoms with Crippen molar-refractivity contribution in [3.63, 3.8) is 0 Å². The van der Waals surface area contributed by atoms with E-state index in [1.54, 1.807) is 24.1 Å². The molecule has 2 aromatic rings. The Labute approximate surface area is 93.7 Å². The third-order valence-corrected chi connectivity index (χ3v) is 2.26. The van der Waals surface area contributed by atoms with Gasteiger partial charge in [0.1, 0.15) is 11.8 Å². The Morgan fingerprint density at radius 2 is 2.06 bits per heavy atom. The van der Waals surface area contributed by atoms with Crippen LogP contribution in [0.1, 0.15) is 11.3 Å². The predicted octanol–water partition coefficient (Wildman–Crippen LogP) is 1.81. The Balaban J connectivity index is 2.11. The maximum absolute atomic E-state index is 8.64. The van der Waals surface area contributed by atoms with Gasteiger partial charge < -0.3 is 4.74 Å². The number of benzene rings is 1. The van der Waals surface area contributed by atoms with Crippen molar-refractivity contribution in [3.05, 3.63) is 47.8 Å². The predicted molar refractivity (Wildman–Crippen MR) is 59.0 cm³/mol. The molecule has 0 spiro atoms. The van der Waals surface area contributed by atoms with Crippen molar-refractivity contribution in [2.75, 3.05) is 7.11 Å². The van der Waals surface area contributed by atoms with E-state index in [1.807, 2.05) is 30.3 Å². The van der Waals surface area contributed by atoms with Gasteiger partial charge in [-0.25, -0.2) is 0 Å². The molecule has 0 unspecified atom stereocenters. The number of nitrogens with zero attached hydrogens (tertiary/aromatic N) is 3. The Morgan fingerprint density at radius 3 is 2.62 bits per heavy atom. The number of rotatable bonds is 3. The minimum Gasteiger partial charge on any atom is -0.497 e. The summed E-state index contributed by atoms with van der Waals surface area (Å²) >= 11 is 0. The summed E-state index contributed by atoms with van der Waals surface area (Å²) in [5.74, 6) is 0.835. The van der Waals surface area contributed by atoms with Crippen LogP contribution in [0.5, 0.6) is 5.75 Å². The van der Waals surface area contributed by atoms with Gasteiger partial charge in [-0.3, -0.25) is 4.68 Å². The second-order valence-electron chi connectivity index (χ2n) is 3.36. The molecule has 0 amide bonds. The highest BCUT2D eigenvalue weighted by Crippen LogP contribution is 2.12. The van der Waals surface area contributed by atoms with E-state index in [-0.39, 0.29) is 0 Å². The number of nitriles is 1. The Hall–Kier alpha value is -2.28. The summed E-state index contributed by atoms with van der Waals surface area (Å²) in [6, 6.07) is 11.5. The summed E-state index contributed by atoms with van der Waals surface area (Å²) in [6.07, 6.45) is 1.79. The van der Waals surface area contributed by atoms with Crippen molar-refractivity contribution in [1.29, 1.82) is 5.26 Å². The Kier molecular flexibility index (Phi) is 2.88. The van der Waals surface area contributed by atoms with Gasteiger partial charge in [-0.05, 0) is 23.8 Å². The van der Waals surface area contributed by atoms with Gasteiger partial charge in [-0.1, -0.05) is 12.1 Å². The third-order valence-electron chi connectivity index (χ3n) is 2.26. The molecule has 0 radical (unpaired) electrons. The molecule has 0 fully saturated rings. The van der Waals surface area contributed by atoms with Crippen LogP contribution in [-0.4, -0.2) is 16.9 Å². The highest BCUT2D eigenvalue weighted by atomic mass is 16.5. The Morgan fingerprint density at radius 1 is 1.31 bits per heavy atom. The minimum absolute atomic E-state index is 0.438. The number of hydrogen-bond donors (Lipinski definition) is 0. The molecule has 0 bridgehead atoms. The fraction of sp³-hybridized carbons (Fsp3) is 0.167. The van der Waals surface area contributed by atoms with Crippen molar-refractivity contribution in [2.45, 2.75) is 6.54 Å². The molecule has 80 valence electrons. The van der Waals surface area contributed by atoms with Crippen LogP contribution in [0, 0.1) is 11.3 Å². The molecule has 4 nitrogen and oxygen atoms in total. The van der Waals surface area contributed by atoms with Crippen molar-refractivity contribution in [3.8, 4) is 11.8 Å². The number of ether oxygens (including phenoxy) is 1. The zero-order valence-corrected chi connectivity index (χ0v) is 8.92. The SMILES string of the molecule is COc1ccc(Cn2ccc(C#N)n2)cc1. The van der Waals surface area contributed by atoms with Gasteiger partial charge in [0, 0.05) is 6.20 Å². The maximum Gasteiger partial charge on any atom is 0.162 e. The molecule has 0 saturated carbocycles. The molecule has 0 atom stereocenters. The van der Waals surface area contributed by atoms with Crippen molar-refractivity contribution >= 4 is 0 Å². The number of hydrogen-bond acceptors (Lipinski definition) is 3. The van der Waals surface area contributed by atoms with Gasteiger partial charge in [0.05, 0.1) is 13.7 Å². The lowest BCUT2D eigenvalue weighted by atomic mass is 10.2. The zero-order chi connectivity index (χ0) is 11.4. The van der Waals surface area contributed by atoms with Crippen LogP contribution < -0.4 is 4.74 Å². The highest BCUT2D eigenvalue weighted by Gasteiger charge is 1.99. The van der Waals surface area contributed by atoms with E-state index in [1.165, 1.54) is 0 Å². The molecule has 0 aliphatic heterocycles. The molecular formula is C12H11N3O. The smallest absolute Gasteiger partial charge is 0.162 e. The fourth-order valence-corrected chi connectivity index (χ4v) is 1.43. The van der Waals surface area contributed by atoms with E-state index in [2.05, 4.69) is 5.10 Å². The van der Waals surface area contributed by atoms with Crippen molar-refractivity contribution < 1.29 is 4.74 Å². The molecule has 0 aliphatic carbocycles. The topological polar surface area (TPSA) is 50.8 Å². The van der Waals surface area contributed by atoms with Gasteiger partial charge in [0.25, 0.3) is 0 Å². The first-order valence-electron chi connectivity index (χ1n) is 4.88. The fourth-order valence-electron chi connectivity index (χ4n) is 1.43. The second kappa shape index (κ2) is 4.49. The molecule has 1 heterocycles. The first-order chi connectivity index (χ1) is 7.81. The van der Waals surface area contributed by atoms with E-state index in [0.717, 1.165) is 11.3 Å². The van der Waals surface area contributed by atoms with E-state index in [9.17, 15) is 0 Å². The van der Waals surface area contributed by atoms with Crippen molar-refractivity contribution in [1.82, 2.24) is 9.78 Å². The molecule has 1 aromatic heterocycles. The lowest BCUT2D eigenvalue weighted by molar-refractivity contribution is 0.414. The van der Waals surface area contributed by atoms with Gasteiger partial charge in [-0.2, -0.15) is 10.4 Å². The van der Waals surface area contributed by atoms with Crippen LogP contribution in [0.2, 0.25) is 0 Å². The van der Waals surface area contributed by atoms with E-state index in [4.69, 9.17) is 10.00 Å². The van der Waals surface area contributed by atoms with Crippen molar-refractivity contribution in [2.24, 2.45) is 0 Å². The number of aromatic nitrogens is 2. The van der Waals surface area contributed by atoms with Gasteiger partial charge in [0.15, 0.2) is 5.69 Å². The summed E-state index contributed by atoms with van der Waals surface area (Å²) in [5, 5.41) is 12.7. The van der Waals surface area contributed by atoms with E-state index < -0.39 is 0 Å². The first-order valence-corrected chi connectivity index (χ1v) is 4.88. The molecule has 0 saturated heterocycles. The Bertz CT molecular complexity index is 508. The van der Waals surface area contributed by atoms with Crippen LogP contribution in [0.15, 0.2) is 36.5 Å². The third kappa shape index (κ3) is 2.20. The average molecular weight is 213 g/mol. The van der Waals surface area contributed by atoms with Gasteiger partial charge in [0.2, 0.25) is 0 Å². The summed E-state index contributed by atoms with van der Waals surface area (Å²) in [7, 11) is 1.64. The van der Waals surface area contributed by atoms with Crippen LogP contribution in [0.25, 0.3) is 0 Å². The zero-order valence-electron chi connectivity index (χ0n) is 8.92. The standard InChI is InChI=1S/C12H11N3O/c1-16-12-4-2-10(3-5-12)9-15-7-6-11(8-13)14-15/h2-7H,9H2,1H3. The molecule has 16 heavy (non-hydrogen) atoms. The van der Waals surface area contributed by atoms with E-state index in [0.29, 0.717) is 12.2 Å².